The fourth-order valence-corrected chi connectivity index (χ4v) is 2.14. The zero-order valence-corrected chi connectivity index (χ0v) is 13.1. The summed E-state index contributed by atoms with van der Waals surface area (Å²) in [6, 6.07) is 4.09. The summed E-state index contributed by atoms with van der Waals surface area (Å²) < 4.78 is 40.4. The van der Waals surface area contributed by atoms with Gasteiger partial charge < -0.3 is 11.1 Å². The molecule has 0 saturated heterocycles. The molecular formula is C15H15F3N4O3. The topological polar surface area (TPSA) is 99.1 Å². The lowest BCUT2D eigenvalue weighted by molar-refractivity contribution is -0.137. The summed E-state index contributed by atoms with van der Waals surface area (Å²) in [6.45, 7) is -0.589. The monoisotopic (exact) mass is 356 g/mol. The minimum Gasteiger partial charge on any atom is -0.326 e. The number of amides is 1. The zero-order chi connectivity index (χ0) is 18.8. The van der Waals surface area contributed by atoms with Crippen LogP contribution in [0.2, 0.25) is 0 Å². The fraction of sp³-hybridized carbons (Fsp3) is 0.267. The van der Waals surface area contributed by atoms with Crippen molar-refractivity contribution in [2.24, 2.45) is 12.8 Å². The van der Waals surface area contributed by atoms with Gasteiger partial charge in [0.25, 0.3) is 5.56 Å². The maximum absolute atomic E-state index is 12.9. The average molecular weight is 356 g/mol. The molecule has 0 atom stereocenters. The molecule has 0 saturated carbocycles. The van der Waals surface area contributed by atoms with E-state index in [1.807, 2.05) is 0 Å². The van der Waals surface area contributed by atoms with Gasteiger partial charge in [0.1, 0.15) is 6.54 Å². The summed E-state index contributed by atoms with van der Waals surface area (Å²) >= 11 is 0. The highest BCUT2D eigenvalue weighted by atomic mass is 19.4. The maximum Gasteiger partial charge on any atom is 0.416 e. The molecule has 10 heteroatoms. The van der Waals surface area contributed by atoms with Crippen LogP contribution in [-0.2, 0) is 31.1 Å². The lowest BCUT2D eigenvalue weighted by Gasteiger charge is -2.13. The maximum atomic E-state index is 12.9. The fourth-order valence-electron chi connectivity index (χ4n) is 2.14. The van der Waals surface area contributed by atoms with Crippen LogP contribution in [0.1, 0.15) is 11.1 Å². The molecule has 2 rings (SSSR count). The first kappa shape index (κ1) is 18.5. The molecule has 0 fully saturated rings. The first-order chi connectivity index (χ1) is 11.6. The summed E-state index contributed by atoms with van der Waals surface area (Å²) in [4.78, 5) is 35.2. The Bertz CT molecular complexity index is 915. The molecule has 134 valence electrons. The van der Waals surface area contributed by atoms with E-state index in [0.717, 1.165) is 33.5 Å². The van der Waals surface area contributed by atoms with Gasteiger partial charge in [-0.25, -0.2) is 4.79 Å². The zero-order valence-electron chi connectivity index (χ0n) is 13.1. The summed E-state index contributed by atoms with van der Waals surface area (Å²) in [6.07, 6.45) is -3.44. The van der Waals surface area contributed by atoms with Crippen LogP contribution in [0.4, 0.5) is 18.9 Å². The van der Waals surface area contributed by atoms with Crippen molar-refractivity contribution in [3.05, 3.63) is 62.4 Å². The van der Waals surface area contributed by atoms with Crippen LogP contribution in [0.25, 0.3) is 0 Å². The van der Waals surface area contributed by atoms with E-state index in [-0.39, 0.29) is 17.8 Å². The Morgan fingerprint density at radius 3 is 2.52 bits per heavy atom. The van der Waals surface area contributed by atoms with E-state index in [9.17, 15) is 27.6 Å². The van der Waals surface area contributed by atoms with E-state index in [2.05, 4.69) is 5.32 Å². The number of halogens is 3. The third-order valence-corrected chi connectivity index (χ3v) is 3.41. The number of hydrogen-bond acceptors (Lipinski definition) is 4. The van der Waals surface area contributed by atoms with Crippen molar-refractivity contribution in [1.29, 1.82) is 0 Å². The lowest BCUT2D eigenvalue weighted by Crippen LogP contribution is -2.38. The van der Waals surface area contributed by atoms with Crippen LogP contribution in [0.15, 0.2) is 40.1 Å². The van der Waals surface area contributed by atoms with E-state index < -0.39 is 35.4 Å². The van der Waals surface area contributed by atoms with Crippen molar-refractivity contribution in [2.75, 3.05) is 5.32 Å². The van der Waals surface area contributed by atoms with Gasteiger partial charge in [-0.1, -0.05) is 0 Å². The predicted octanol–water partition coefficient (Wildman–Crippen LogP) is 0.663. The quantitative estimate of drug-likeness (QED) is 0.841. The van der Waals surface area contributed by atoms with Gasteiger partial charge in [0.05, 0.1) is 5.56 Å². The Labute approximate surface area is 139 Å². The number of nitrogens with two attached hydrogens (primary N) is 1. The molecule has 0 spiro atoms. The van der Waals surface area contributed by atoms with Crippen LogP contribution in [0.5, 0.6) is 0 Å². The largest absolute Gasteiger partial charge is 0.416 e. The molecule has 1 aromatic carbocycles. The molecule has 2 aromatic rings. The molecular weight excluding hydrogens is 341 g/mol. The number of carbonyl (C=O) groups excluding carboxylic acids is 1. The van der Waals surface area contributed by atoms with Crippen molar-refractivity contribution < 1.29 is 18.0 Å². The van der Waals surface area contributed by atoms with Gasteiger partial charge in [0.2, 0.25) is 5.91 Å². The number of nitrogens with zero attached hydrogens (tertiary/aromatic N) is 2. The van der Waals surface area contributed by atoms with Crippen LogP contribution >= 0.6 is 0 Å². The molecule has 25 heavy (non-hydrogen) atoms. The van der Waals surface area contributed by atoms with E-state index >= 15 is 0 Å². The highest BCUT2D eigenvalue weighted by molar-refractivity contribution is 5.90. The SMILES string of the molecule is Cn1c(=O)ccn(CC(=O)Nc2cc(CN)cc(C(F)(F)F)c2)c1=O. The van der Waals surface area contributed by atoms with Crippen molar-refractivity contribution in [2.45, 2.75) is 19.3 Å². The van der Waals surface area contributed by atoms with Gasteiger partial charge in [-0.3, -0.25) is 18.7 Å². The second kappa shape index (κ2) is 6.93. The third-order valence-electron chi connectivity index (χ3n) is 3.41. The molecule has 1 heterocycles. The normalized spacial score (nSPS) is 11.4. The van der Waals surface area contributed by atoms with E-state index in [1.165, 1.54) is 13.1 Å². The van der Waals surface area contributed by atoms with Crippen molar-refractivity contribution in [1.82, 2.24) is 9.13 Å². The van der Waals surface area contributed by atoms with E-state index in [4.69, 9.17) is 5.73 Å². The van der Waals surface area contributed by atoms with Gasteiger partial charge >= 0.3 is 11.9 Å². The highest BCUT2D eigenvalue weighted by Gasteiger charge is 2.31. The summed E-state index contributed by atoms with van der Waals surface area (Å²) in [5.74, 6) is -0.719. The van der Waals surface area contributed by atoms with Crippen LogP contribution in [0.3, 0.4) is 0 Å². The smallest absolute Gasteiger partial charge is 0.326 e. The van der Waals surface area contributed by atoms with Gasteiger partial charge in [-0.05, 0) is 23.8 Å². The molecule has 1 amide bonds. The molecule has 0 unspecified atom stereocenters. The Balaban J connectivity index is 2.25. The first-order valence-electron chi connectivity index (χ1n) is 7.09. The average Bonchev–Trinajstić information content (AvgIpc) is 2.54. The Kier molecular flexibility index (Phi) is 5.12. The van der Waals surface area contributed by atoms with Crippen LogP contribution < -0.4 is 22.3 Å². The molecule has 3 N–H and O–H groups in total. The summed E-state index contributed by atoms with van der Waals surface area (Å²) in [5.41, 5.74) is 3.30. The Morgan fingerprint density at radius 2 is 1.92 bits per heavy atom. The number of aromatic nitrogens is 2. The Hall–Kier alpha value is -2.88. The number of benzene rings is 1. The van der Waals surface area contributed by atoms with E-state index in [0.29, 0.717) is 0 Å². The van der Waals surface area contributed by atoms with Crippen molar-refractivity contribution in [3.8, 4) is 0 Å². The van der Waals surface area contributed by atoms with Gasteiger partial charge in [-0.15, -0.1) is 0 Å². The van der Waals surface area contributed by atoms with Gasteiger partial charge in [-0.2, -0.15) is 13.2 Å². The van der Waals surface area contributed by atoms with Crippen LogP contribution in [-0.4, -0.2) is 15.0 Å². The molecule has 7 nitrogen and oxygen atoms in total. The number of rotatable bonds is 4. The standard InChI is InChI=1S/C15H15F3N4O3/c1-21-13(24)2-3-22(14(21)25)8-12(23)20-11-5-9(7-19)4-10(6-11)15(16,17)18/h2-6H,7-8,19H2,1H3,(H,20,23). The third kappa shape index (κ3) is 4.35. The number of alkyl halides is 3. The van der Waals surface area contributed by atoms with Crippen LogP contribution in [0, 0.1) is 0 Å². The molecule has 0 aliphatic rings. The molecule has 0 aliphatic carbocycles. The van der Waals surface area contributed by atoms with Gasteiger partial charge in [0, 0.05) is 31.5 Å². The Morgan fingerprint density at radius 1 is 1.24 bits per heavy atom. The highest BCUT2D eigenvalue weighted by Crippen LogP contribution is 2.31. The molecule has 0 bridgehead atoms. The molecule has 0 radical (unpaired) electrons. The molecule has 1 aromatic heterocycles. The number of carbonyl (C=O) groups is 1. The second-order valence-corrected chi connectivity index (χ2v) is 5.29. The summed E-state index contributed by atoms with van der Waals surface area (Å²) in [7, 11) is 1.25. The molecule has 0 aliphatic heterocycles. The summed E-state index contributed by atoms with van der Waals surface area (Å²) in [5, 5.41) is 2.30. The van der Waals surface area contributed by atoms with Crippen molar-refractivity contribution >= 4 is 11.6 Å². The number of nitrogens with one attached hydrogen (secondary N) is 1. The van der Waals surface area contributed by atoms with E-state index in [1.54, 1.807) is 0 Å². The lowest BCUT2D eigenvalue weighted by atomic mass is 10.1. The first-order valence-corrected chi connectivity index (χ1v) is 7.09. The van der Waals surface area contributed by atoms with Crippen molar-refractivity contribution in [3.63, 3.8) is 0 Å². The predicted molar refractivity (Wildman–Crippen MR) is 83.9 cm³/mol. The number of hydrogen-bond donors (Lipinski definition) is 2. The minimum atomic E-state index is -4.58. The number of anilines is 1. The van der Waals surface area contributed by atoms with Gasteiger partial charge in [0.15, 0.2) is 0 Å². The minimum absolute atomic E-state index is 0.0851. The second-order valence-electron chi connectivity index (χ2n) is 5.29.